The van der Waals surface area contributed by atoms with Gasteiger partial charge in [-0.3, -0.25) is 4.79 Å². The Bertz CT molecular complexity index is 1650. The summed E-state index contributed by atoms with van der Waals surface area (Å²) in [4.78, 5) is 15.0. The lowest BCUT2D eigenvalue weighted by Gasteiger charge is -2.37. The zero-order valence-electron chi connectivity index (χ0n) is 31.2. The number of amides is 1. The summed E-state index contributed by atoms with van der Waals surface area (Å²) in [7, 11) is 0. The summed E-state index contributed by atoms with van der Waals surface area (Å²) >= 11 is 0. The molecule has 0 aliphatic carbocycles. The smallest absolute Gasteiger partial charge is 0.232 e. The van der Waals surface area contributed by atoms with Gasteiger partial charge in [-0.2, -0.15) is 0 Å². The van der Waals surface area contributed by atoms with Crippen LogP contribution in [0.5, 0.6) is 5.75 Å². The Morgan fingerprint density at radius 1 is 1.12 bits per heavy atom. The number of nitrogens with two attached hydrogens (primary N) is 1. The molecule has 1 atom stereocenters. The van der Waals surface area contributed by atoms with Crippen molar-refractivity contribution in [3.63, 3.8) is 0 Å². The number of hydrogen-bond acceptors (Lipinski definition) is 3. The number of likely N-dealkylation sites (tertiary alicyclic amines) is 1. The molecule has 0 unspecified atom stereocenters. The molecule has 2 aliphatic heterocycles. The second-order valence-corrected chi connectivity index (χ2v) is 7.76. The normalized spacial score (nSPS) is 25.4. The fraction of sp³-hybridized carbons (Fsp3) is 0.321. The van der Waals surface area contributed by atoms with Crippen LogP contribution in [0.25, 0.3) is 0 Å². The van der Waals surface area contributed by atoms with Gasteiger partial charge in [0.1, 0.15) is 11.2 Å². The molecular weight excluding hydrogens is 396 g/mol. The number of benzene rings is 3. The minimum atomic E-state index is -2.75. The average molecular weight is 441 g/mol. The highest BCUT2D eigenvalue weighted by Gasteiger charge is 2.49. The third kappa shape index (κ3) is 3.69. The molecule has 5 rings (SSSR count). The predicted octanol–water partition coefficient (Wildman–Crippen LogP) is 3.96. The standard InChI is InChI=1S/C28H30N2O2/c29-27(31)28(23-7-3-1-4-8-23,24-9-5-2-6-10-24)25-14-17-30(20-25)16-13-21-11-12-26-22(19-21)15-18-32-26/h1-12,19,25H,13-18,20H2,(H2,29,31)/t25-/m1/s1/i1D,2D,3D,4D,5D,6D,7D,8D,9D,10D,13D2,16D2. The molecule has 3 aromatic rings. The fourth-order valence-electron chi connectivity index (χ4n) is 4.50. The topological polar surface area (TPSA) is 55.6 Å². The molecule has 4 nitrogen and oxygen atoms in total. The summed E-state index contributed by atoms with van der Waals surface area (Å²) < 4.78 is 126. The highest BCUT2D eigenvalue weighted by atomic mass is 16.5. The van der Waals surface area contributed by atoms with E-state index < -0.39 is 108 Å². The van der Waals surface area contributed by atoms with Gasteiger partial charge in [0.05, 0.1) is 20.3 Å². The second-order valence-electron chi connectivity index (χ2n) is 7.76. The molecule has 0 spiro atoms. The molecule has 2 N–H and O–H groups in total. The van der Waals surface area contributed by atoms with Crippen LogP contribution in [0.1, 0.15) is 47.9 Å². The van der Waals surface area contributed by atoms with Crippen LogP contribution in [0.4, 0.5) is 0 Å². The highest BCUT2D eigenvalue weighted by Crippen LogP contribution is 2.43. The molecule has 4 heteroatoms. The van der Waals surface area contributed by atoms with Gasteiger partial charge >= 0.3 is 0 Å². The lowest BCUT2D eigenvalue weighted by Crippen LogP contribution is -2.49. The Morgan fingerprint density at radius 3 is 2.47 bits per heavy atom. The van der Waals surface area contributed by atoms with Crippen molar-refractivity contribution in [1.82, 2.24) is 4.90 Å². The van der Waals surface area contributed by atoms with Gasteiger partial charge in [0.15, 0.2) is 0 Å². The SMILES string of the molecule is [2H]c1c([2H])c([2H])c(C(C(N)=O)(c2c([2H])c([2H])c([2H])c([2H])c2[2H])[C@@H]2CCN(C([2H])([2H])C([2H])([2H])c3ccc4c(c3)CCO4)C2)c([2H])c1[2H]. The van der Waals surface area contributed by atoms with E-state index in [2.05, 4.69) is 0 Å². The summed E-state index contributed by atoms with van der Waals surface area (Å²) in [5.41, 5.74) is 2.72. The first-order valence-electron chi connectivity index (χ1n) is 17.3. The molecule has 1 amide bonds. The number of carbonyl (C=O) groups excluding carboxylic acids is 1. The Labute approximate surface area is 209 Å². The van der Waals surface area contributed by atoms with Crippen molar-refractivity contribution < 1.29 is 28.7 Å². The average Bonchev–Trinajstić information content (AvgIpc) is 3.70. The molecular formula is C28H30N2O2. The minimum absolute atomic E-state index is 0.0302. The number of primary amides is 1. The molecule has 2 heterocycles. The maximum absolute atomic E-state index is 13.9. The number of nitrogens with zero attached hydrogens (tertiary/aromatic N) is 1. The minimum Gasteiger partial charge on any atom is -0.493 e. The quantitative estimate of drug-likeness (QED) is 0.605. The Balaban J connectivity index is 1.74. The first kappa shape index (κ1) is 10.2. The third-order valence-electron chi connectivity index (χ3n) is 6.03. The number of ether oxygens (including phenoxy) is 1. The van der Waals surface area contributed by atoms with Crippen LogP contribution < -0.4 is 10.5 Å². The van der Waals surface area contributed by atoms with Crippen LogP contribution in [0.15, 0.2) is 78.6 Å². The number of carbonyl (C=O) groups is 1. The zero-order chi connectivity index (χ0) is 34.3. The lowest BCUT2D eigenvalue weighted by molar-refractivity contribution is -0.123. The Hall–Kier alpha value is -3.11. The van der Waals surface area contributed by atoms with Crippen molar-refractivity contribution in [1.29, 1.82) is 0 Å². The number of fused-ring (bicyclic) bond motifs is 1. The van der Waals surface area contributed by atoms with Gasteiger partial charge in [0, 0.05) is 24.9 Å². The van der Waals surface area contributed by atoms with Gasteiger partial charge in [-0.05, 0) is 53.6 Å². The van der Waals surface area contributed by atoms with E-state index >= 15 is 0 Å². The van der Waals surface area contributed by atoms with Crippen LogP contribution in [0.3, 0.4) is 0 Å². The highest BCUT2D eigenvalue weighted by molar-refractivity contribution is 5.91. The molecule has 0 aromatic heterocycles. The van der Waals surface area contributed by atoms with Gasteiger partial charge < -0.3 is 15.4 Å². The number of hydrogen-bond donors (Lipinski definition) is 1. The zero-order valence-corrected chi connectivity index (χ0v) is 17.2. The van der Waals surface area contributed by atoms with E-state index in [4.69, 9.17) is 29.7 Å². The van der Waals surface area contributed by atoms with E-state index in [9.17, 15) is 4.79 Å². The van der Waals surface area contributed by atoms with Gasteiger partial charge in [-0.1, -0.05) is 72.6 Å². The van der Waals surface area contributed by atoms with Crippen molar-refractivity contribution in [2.75, 3.05) is 26.2 Å². The van der Waals surface area contributed by atoms with E-state index in [-0.39, 0.29) is 18.5 Å². The lowest BCUT2D eigenvalue weighted by atomic mass is 9.64. The molecule has 0 saturated carbocycles. The van der Waals surface area contributed by atoms with E-state index in [1.54, 1.807) is 6.07 Å². The van der Waals surface area contributed by atoms with Crippen LogP contribution >= 0.6 is 0 Å². The molecule has 0 bridgehead atoms. The first-order chi connectivity index (χ1) is 21.3. The van der Waals surface area contributed by atoms with Crippen LogP contribution in [-0.2, 0) is 23.0 Å². The maximum atomic E-state index is 13.9. The van der Waals surface area contributed by atoms with E-state index in [1.165, 1.54) is 12.1 Å². The van der Waals surface area contributed by atoms with E-state index in [0.29, 0.717) is 24.3 Å². The van der Waals surface area contributed by atoms with Gasteiger partial charge in [0.2, 0.25) is 5.91 Å². The molecule has 0 radical (unpaired) electrons. The fourth-order valence-corrected chi connectivity index (χ4v) is 4.50. The summed E-state index contributed by atoms with van der Waals surface area (Å²) in [5, 5.41) is 0. The summed E-state index contributed by atoms with van der Waals surface area (Å²) in [6, 6.07) is -4.01. The molecule has 3 aromatic carbocycles. The van der Waals surface area contributed by atoms with Crippen molar-refractivity contribution in [2.45, 2.75) is 24.6 Å². The van der Waals surface area contributed by atoms with E-state index in [1.807, 2.05) is 0 Å². The monoisotopic (exact) mass is 440 g/mol. The summed E-state index contributed by atoms with van der Waals surface area (Å²) in [6.07, 6.45) is -2.30. The van der Waals surface area contributed by atoms with Crippen molar-refractivity contribution in [3.05, 3.63) is 101 Å². The van der Waals surface area contributed by atoms with Gasteiger partial charge in [-0.15, -0.1) is 0 Å². The van der Waals surface area contributed by atoms with Gasteiger partial charge in [0.25, 0.3) is 0 Å². The Kier molecular flexibility index (Phi) is 2.81. The van der Waals surface area contributed by atoms with E-state index in [0.717, 1.165) is 4.90 Å². The third-order valence-corrected chi connectivity index (χ3v) is 6.03. The van der Waals surface area contributed by atoms with Crippen LogP contribution in [-0.4, -0.2) is 37.0 Å². The maximum Gasteiger partial charge on any atom is 0.232 e. The molecule has 1 fully saturated rings. The molecule has 2 aliphatic rings. The molecule has 32 heavy (non-hydrogen) atoms. The Morgan fingerprint density at radius 2 is 1.81 bits per heavy atom. The molecule has 1 saturated heterocycles. The number of aryl methyl sites for hydroxylation is 1. The van der Waals surface area contributed by atoms with Crippen LogP contribution in [0, 0.1) is 5.92 Å². The van der Waals surface area contributed by atoms with Crippen molar-refractivity contribution in [2.24, 2.45) is 11.7 Å². The van der Waals surface area contributed by atoms with Crippen molar-refractivity contribution >= 4 is 5.91 Å². The summed E-state index contributed by atoms with van der Waals surface area (Å²) in [6.45, 7) is -3.05. The first-order valence-corrected chi connectivity index (χ1v) is 10.3. The predicted molar refractivity (Wildman–Crippen MR) is 127 cm³/mol. The van der Waals surface area contributed by atoms with Crippen LogP contribution in [0.2, 0.25) is 0 Å². The van der Waals surface area contributed by atoms with Crippen molar-refractivity contribution in [3.8, 4) is 5.75 Å². The summed E-state index contributed by atoms with van der Waals surface area (Å²) in [5.74, 6) is -2.13. The molecule has 164 valence electrons. The number of rotatable bonds is 7. The van der Waals surface area contributed by atoms with Gasteiger partial charge in [-0.25, -0.2) is 0 Å². The second kappa shape index (κ2) is 8.79. The largest absolute Gasteiger partial charge is 0.493 e.